The molecule has 3 amide bonds. The lowest BCUT2D eigenvalue weighted by molar-refractivity contribution is -0.123. The molecule has 0 aliphatic heterocycles. The zero-order chi connectivity index (χ0) is 27.5. The lowest BCUT2D eigenvalue weighted by Gasteiger charge is -2.34. The number of hydrogen-bond acceptors (Lipinski definition) is 9. The average Bonchev–Trinajstić information content (AvgIpc) is 3.23. The summed E-state index contributed by atoms with van der Waals surface area (Å²) in [6.45, 7) is 5.41. The van der Waals surface area contributed by atoms with Crippen molar-refractivity contribution in [2.75, 3.05) is 24.9 Å². The number of ether oxygens (including phenoxy) is 2. The number of phenols is 1. The van der Waals surface area contributed by atoms with E-state index in [1.165, 1.54) is 37.3 Å². The van der Waals surface area contributed by atoms with E-state index in [1.807, 2.05) is 0 Å². The van der Waals surface area contributed by atoms with Crippen LogP contribution in [0, 0.1) is 0 Å². The van der Waals surface area contributed by atoms with Crippen molar-refractivity contribution in [2.45, 2.75) is 32.4 Å². The third-order valence-electron chi connectivity index (χ3n) is 5.23. The Kier molecular flexibility index (Phi) is 7.92. The SMILES string of the molecule is COc1cccc(N(C(=O)c2snc(C(N)=O)c2N)C(C(=O)NC(C)(C)C)c2ccc(O)c(OC)c2)c1. The van der Waals surface area contributed by atoms with Gasteiger partial charge in [-0.2, -0.15) is 4.37 Å². The average molecular weight is 528 g/mol. The fraction of sp³-hybridized carbons (Fsp3) is 0.280. The van der Waals surface area contributed by atoms with Gasteiger partial charge in [-0.3, -0.25) is 19.3 Å². The Morgan fingerprint density at radius 3 is 2.38 bits per heavy atom. The summed E-state index contributed by atoms with van der Waals surface area (Å²) in [5.74, 6) is -1.70. The van der Waals surface area contributed by atoms with Gasteiger partial charge in [-0.15, -0.1) is 0 Å². The number of anilines is 2. The van der Waals surface area contributed by atoms with Crippen molar-refractivity contribution >= 4 is 40.6 Å². The highest BCUT2D eigenvalue weighted by Crippen LogP contribution is 2.37. The first-order valence-electron chi connectivity index (χ1n) is 11.1. The number of nitrogens with two attached hydrogens (primary N) is 2. The molecule has 1 aromatic heterocycles. The van der Waals surface area contributed by atoms with Gasteiger partial charge in [0.25, 0.3) is 11.8 Å². The fourth-order valence-corrected chi connectivity index (χ4v) is 4.34. The maximum Gasteiger partial charge on any atom is 0.273 e. The quantitative estimate of drug-likeness (QED) is 0.346. The summed E-state index contributed by atoms with van der Waals surface area (Å²) in [4.78, 5) is 40.8. The van der Waals surface area contributed by atoms with E-state index < -0.39 is 29.3 Å². The Bertz CT molecular complexity index is 1330. The summed E-state index contributed by atoms with van der Waals surface area (Å²) in [6, 6.07) is 9.64. The zero-order valence-electron chi connectivity index (χ0n) is 21.1. The number of primary amides is 1. The number of phenolic OH excluding ortho intramolecular Hbond substituents is 1. The molecule has 37 heavy (non-hydrogen) atoms. The molecule has 6 N–H and O–H groups in total. The summed E-state index contributed by atoms with van der Waals surface area (Å²) in [6.07, 6.45) is 0. The predicted octanol–water partition coefficient (Wildman–Crippen LogP) is 2.85. The number of hydrogen-bond donors (Lipinski definition) is 4. The minimum absolute atomic E-state index is 0.0732. The van der Waals surface area contributed by atoms with Gasteiger partial charge < -0.3 is 31.4 Å². The van der Waals surface area contributed by atoms with Crippen LogP contribution in [0.1, 0.15) is 52.5 Å². The Balaban J connectivity index is 2.30. The van der Waals surface area contributed by atoms with Gasteiger partial charge in [0.15, 0.2) is 17.2 Å². The summed E-state index contributed by atoms with van der Waals surface area (Å²) < 4.78 is 14.5. The van der Waals surface area contributed by atoms with E-state index in [1.54, 1.807) is 45.0 Å². The summed E-state index contributed by atoms with van der Waals surface area (Å²) in [5, 5.41) is 13.1. The van der Waals surface area contributed by atoms with Gasteiger partial charge in [0.2, 0.25) is 5.91 Å². The molecule has 1 heterocycles. The van der Waals surface area contributed by atoms with E-state index in [0.29, 0.717) is 28.5 Å². The number of aromatic hydroxyl groups is 1. The molecular formula is C25H29N5O6S. The number of carbonyl (C=O) groups excluding carboxylic acids is 3. The van der Waals surface area contributed by atoms with Crippen molar-refractivity contribution in [1.29, 1.82) is 0 Å². The molecule has 1 unspecified atom stereocenters. The van der Waals surface area contributed by atoms with Crippen LogP contribution in [0.3, 0.4) is 0 Å². The lowest BCUT2D eigenvalue weighted by Crippen LogP contribution is -2.49. The molecule has 0 spiro atoms. The third-order valence-corrected chi connectivity index (χ3v) is 6.08. The highest BCUT2D eigenvalue weighted by atomic mass is 32.1. The molecule has 0 aliphatic rings. The molecule has 0 saturated carbocycles. The Hall–Kier alpha value is -4.32. The van der Waals surface area contributed by atoms with Crippen LogP contribution < -0.4 is 31.2 Å². The van der Waals surface area contributed by atoms with E-state index in [-0.39, 0.29) is 27.8 Å². The first-order chi connectivity index (χ1) is 17.4. The van der Waals surface area contributed by atoms with Crippen LogP contribution in [0.5, 0.6) is 17.2 Å². The van der Waals surface area contributed by atoms with E-state index in [0.717, 1.165) is 0 Å². The molecule has 0 saturated heterocycles. The molecule has 1 atom stereocenters. The van der Waals surface area contributed by atoms with E-state index in [2.05, 4.69) is 9.69 Å². The number of benzene rings is 2. The summed E-state index contributed by atoms with van der Waals surface area (Å²) >= 11 is 0.698. The number of aromatic nitrogens is 1. The van der Waals surface area contributed by atoms with E-state index in [4.69, 9.17) is 20.9 Å². The molecule has 3 aromatic rings. The van der Waals surface area contributed by atoms with E-state index >= 15 is 0 Å². The van der Waals surface area contributed by atoms with Crippen LogP contribution in [-0.2, 0) is 4.79 Å². The van der Waals surface area contributed by atoms with Gasteiger partial charge in [-0.05, 0) is 62.1 Å². The number of carbonyl (C=O) groups is 3. The molecule has 2 aromatic carbocycles. The summed E-state index contributed by atoms with van der Waals surface area (Å²) in [5.41, 5.74) is 11.0. The minimum Gasteiger partial charge on any atom is -0.504 e. The van der Waals surface area contributed by atoms with Crippen molar-refractivity contribution in [3.05, 3.63) is 58.6 Å². The van der Waals surface area contributed by atoms with Crippen LogP contribution in [0.4, 0.5) is 11.4 Å². The van der Waals surface area contributed by atoms with Crippen molar-refractivity contribution in [2.24, 2.45) is 5.73 Å². The standard InChI is InChI=1S/C25H29N5O6S/c1-25(2,3)28-23(33)20(13-9-10-16(31)17(11-13)36-5)30(14-7-6-8-15(12-14)35-4)24(34)21-18(26)19(22(27)32)29-37-21/h6-12,20,31H,26H2,1-5H3,(H2,27,32)(H,28,33). The second-order valence-corrected chi connectivity index (χ2v) is 9.86. The number of nitrogens with one attached hydrogen (secondary N) is 1. The van der Waals surface area contributed by atoms with Gasteiger partial charge in [0.1, 0.15) is 16.7 Å². The molecule has 12 heteroatoms. The molecule has 0 radical (unpaired) electrons. The monoisotopic (exact) mass is 527 g/mol. The number of rotatable bonds is 8. The molecular weight excluding hydrogens is 498 g/mol. The van der Waals surface area contributed by atoms with Crippen LogP contribution in [-0.4, -0.2) is 47.0 Å². The largest absolute Gasteiger partial charge is 0.504 e. The fourth-order valence-electron chi connectivity index (χ4n) is 3.60. The number of nitrogens with zero attached hydrogens (tertiary/aromatic N) is 2. The van der Waals surface area contributed by atoms with Crippen molar-refractivity contribution < 1.29 is 29.0 Å². The Morgan fingerprint density at radius 2 is 1.81 bits per heavy atom. The maximum atomic E-state index is 14.1. The first kappa shape index (κ1) is 27.3. The second kappa shape index (κ2) is 10.7. The highest BCUT2D eigenvalue weighted by molar-refractivity contribution is 7.09. The van der Waals surface area contributed by atoms with Gasteiger partial charge in [0, 0.05) is 17.3 Å². The third kappa shape index (κ3) is 5.92. The first-order valence-corrected chi connectivity index (χ1v) is 11.9. The number of nitrogen functional groups attached to an aromatic ring is 1. The number of amides is 3. The van der Waals surface area contributed by atoms with E-state index in [9.17, 15) is 19.5 Å². The Labute approximate surface area is 218 Å². The van der Waals surface area contributed by atoms with Crippen LogP contribution in [0.25, 0.3) is 0 Å². The molecule has 196 valence electrons. The number of methoxy groups -OCH3 is 2. The van der Waals surface area contributed by atoms with Crippen molar-refractivity contribution in [3.8, 4) is 17.2 Å². The smallest absolute Gasteiger partial charge is 0.273 e. The topological polar surface area (TPSA) is 170 Å². The second-order valence-electron chi connectivity index (χ2n) is 9.09. The highest BCUT2D eigenvalue weighted by Gasteiger charge is 2.37. The van der Waals surface area contributed by atoms with Gasteiger partial charge >= 0.3 is 0 Å². The minimum atomic E-state index is -1.26. The molecule has 11 nitrogen and oxygen atoms in total. The van der Waals surface area contributed by atoms with Crippen LogP contribution in [0.2, 0.25) is 0 Å². The lowest BCUT2D eigenvalue weighted by atomic mass is 9.99. The molecule has 0 aliphatic carbocycles. The van der Waals surface area contributed by atoms with Gasteiger partial charge in [-0.25, -0.2) is 0 Å². The summed E-state index contributed by atoms with van der Waals surface area (Å²) in [7, 11) is 2.84. The van der Waals surface area contributed by atoms with Gasteiger partial charge in [0.05, 0.1) is 19.9 Å². The van der Waals surface area contributed by atoms with Crippen LogP contribution >= 0.6 is 11.5 Å². The molecule has 0 bridgehead atoms. The molecule has 3 rings (SSSR count). The van der Waals surface area contributed by atoms with Crippen molar-refractivity contribution in [1.82, 2.24) is 9.69 Å². The normalized spacial score (nSPS) is 11.9. The maximum absolute atomic E-state index is 14.1. The van der Waals surface area contributed by atoms with Crippen molar-refractivity contribution in [3.63, 3.8) is 0 Å². The zero-order valence-corrected chi connectivity index (χ0v) is 21.9. The molecule has 0 fully saturated rings. The van der Waals surface area contributed by atoms with Gasteiger partial charge in [-0.1, -0.05) is 12.1 Å². The Morgan fingerprint density at radius 1 is 1.11 bits per heavy atom. The predicted molar refractivity (Wildman–Crippen MR) is 140 cm³/mol. The van der Waals surface area contributed by atoms with Crippen LogP contribution in [0.15, 0.2) is 42.5 Å².